The Bertz CT molecular complexity index is 655. The van der Waals surface area contributed by atoms with E-state index in [2.05, 4.69) is 74.8 Å². The summed E-state index contributed by atoms with van der Waals surface area (Å²) in [6, 6.07) is 25.1. The summed E-state index contributed by atoms with van der Waals surface area (Å²) in [5, 5.41) is 3.54. The third-order valence-corrected chi connectivity index (χ3v) is 4.07. The molecule has 0 spiro atoms. The van der Waals surface area contributed by atoms with Gasteiger partial charge in [-0.1, -0.05) is 64.5 Å². The van der Waals surface area contributed by atoms with Crippen LogP contribution < -0.4 is 5.32 Å². The topological polar surface area (TPSA) is 24.9 Å². The van der Waals surface area contributed by atoms with Crippen LogP contribution in [0.2, 0.25) is 0 Å². The summed E-state index contributed by atoms with van der Waals surface area (Å²) in [5.41, 5.74) is 2.55. The maximum absolute atomic E-state index is 4.38. The molecular weight excluding hydrogens is 336 g/mol. The first kappa shape index (κ1) is 14.8. The zero-order valence-electron chi connectivity index (χ0n) is 12.1. The number of pyridine rings is 1. The zero-order valence-corrected chi connectivity index (χ0v) is 13.7. The Morgan fingerprint density at radius 3 is 2.27 bits per heavy atom. The Labute approximate surface area is 139 Å². The molecule has 0 saturated carbocycles. The van der Waals surface area contributed by atoms with E-state index in [1.54, 1.807) is 0 Å². The van der Waals surface area contributed by atoms with Crippen LogP contribution in [0.15, 0.2) is 83.5 Å². The Kier molecular flexibility index (Phi) is 4.86. The van der Waals surface area contributed by atoms with Crippen LogP contribution in [0.25, 0.3) is 0 Å². The van der Waals surface area contributed by atoms with Crippen LogP contribution in [0.5, 0.6) is 0 Å². The van der Waals surface area contributed by atoms with E-state index >= 15 is 0 Å². The highest BCUT2D eigenvalue weighted by atomic mass is 79.9. The number of nitrogens with one attached hydrogen (secondary N) is 1. The fourth-order valence-corrected chi connectivity index (χ4v) is 2.69. The van der Waals surface area contributed by atoms with Gasteiger partial charge in [-0.3, -0.25) is 0 Å². The summed E-state index contributed by atoms with van der Waals surface area (Å²) in [7, 11) is 0. The number of hydrogen-bond donors (Lipinski definition) is 1. The minimum Gasteiger partial charge on any atom is -0.363 e. The second-order valence-corrected chi connectivity index (χ2v) is 6.07. The number of aromatic nitrogens is 1. The average Bonchev–Trinajstić information content (AvgIpc) is 2.57. The fraction of sp³-hybridized carbons (Fsp3) is 0.105. The Morgan fingerprint density at radius 2 is 1.59 bits per heavy atom. The monoisotopic (exact) mass is 352 g/mol. The SMILES string of the molecule is Brc1ccc([C@H](Cc2ccccc2)Nc2ccccn2)cc1. The molecule has 0 radical (unpaired) electrons. The van der Waals surface area contributed by atoms with Crippen molar-refractivity contribution >= 4 is 21.7 Å². The van der Waals surface area contributed by atoms with E-state index in [1.165, 1.54) is 11.1 Å². The number of nitrogens with zero attached hydrogens (tertiary/aromatic N) is 1. The summed E-state index contributed by atoms with van der Waals surface area (Å²) in [6.45, 7) is 0. The molecule has 1 heterocycles. The summed E-state index contributed by atoms with van der Waals surface area (Å²) < 4.78 is 1.09. The molecule has 0 aliphatic carbocycles. The molecule has 1 N–H and O–H groups in total. The lowest BCUT2D eigenvalue weighted by atomic mass is 9.99. The summed E-state index contributed by atoms with van der Waals surface area (Å²) in [4.78, 5) is 4.38. The highest BCUT2D eigenvalue weighted by Gasteiger charge is 2.12. The van der Waals surface area contributed by atoms with Crippen LogP contribution in [0.4, 0.5) is 5.82 Å². The van der Waals surface area contributed by atoms with Crippen molar-refractivity contribution < 1.29 is 0 Å². The molecule has 1 aromatic heterocycles. The van der Waals surface area contributed by atoms with Gasteiger partial charge in [0.25, 0.3) is 0 Å². The molecule has 1 atom stereocenters. The van der Waals surface area contributed by atoms with Gasteiger partial charge in [-0.2, -0.15) is 0 Å². The van der Waals surface area contributed by atoms with Crippen molar-refractivity contribution in [3.8, 4) is 0 Å². The second-order valence-electron chi connectivity index (χ2n) is 5.15. The second kappa shape index (κ2) is 7.23. The molecular formula is C19H17BrN2. The van der Waals surface area contributed by atoms with Gasteiger partial charge in [0.2, 0.25) is 0 Å². The van der Waals surface area contributed by atoms with Crippen LogP contribution in [0, 0.1) is 0 Å². The van der Waals surface area contributed by atoms with Crippen LogP contribution in [-0.4, -0.2) is 4.98 Å². The quantitative estimate of drug-likeness (QED) is 0.679. The third-order valence-electron chi connectivity index (χ3n) is 3.54. The van der Waals surface area contributed by atoms with E-state index in [1.807, 2.05) is 30.5 Å². The summed E-state index contributed by atoms with van der Waals surface area (Å²) >= 11 is 3.50. The zero-order chi connectivity index (χ0) is 15.2. The Balaban J connectivity index is 1.86. The van der Waals surface area contributed by atoms with Gasteiger partial charge in [-0.05, 0) is 41.8 Å². The minimum atomic E-state index is 0.186. The van der Waals surface area contributed by atoms with Crippen molar-refractivity contribution in [2.24, 2.45) is 0 Å². The van der Waals surface area contributed by atoms with Gasteiger partial charge in [0.15, 0.2) is 0 Å². The first-order valence-electron chi connectivity index (χ1n) is 7.28. The number of benzene rings is 2. The van der Waals surface area contributed by atoms with E-state index in [0.717, 1.165) is 16.7 Å². The fourth-order valence-electron chi connectivity index (χ4n) is 2.42. The molecule has 0 aliphatic rings. The van der Waals surface area contributed by atoms with Crippen molar-refractivity contribution in [1.82, 2.24) is 4.98 Å². The standard InChI is InChI=1S/C19H17BrN2/c20-17-11-9-16(10-12-17)18(14-15-6-2-1-3-7-15)22-19-8-4-5-13-21-19/h1-13,18H,14H2,(H,21,22)/t18-/m0/s1. The van der Waals surface area contributed by atoms with E-state index in [-0.39, 0.29) is 6.04 Å². The van der Waals surface area contributed by atoms with Gasteiger partial charge in [-0.15, -0.1) is 0 Å². The van der Waals surface area contributed by atoms with Crippen molar-refractivity contribution in [2.45, 2.75) is 12.5 Å². The lowest BCUT2D eigenvalue weighted by Gasteiger charge is -2.20. The molecule has 0 amide bonds. The Hall–Kier alpha value is -2.13. The summed E-state index contributed by atoms with van der Waals surface area (Å²) in [5.74, 6) is 0.895. The molecule has 0 unspecified atom stereocenters. The van der Waals surface area contributed by atoms with E-state index in [9.17, 15) is 0 Å². The molecule has 0 saturated heterocycles. The number of halogens is 1. The maximum Gasteiger partial charge on any atom is 0.126 e. The Morgan fingerprint density at radius 1 is 0.864 bits per heavy atom. The molecule has 110 valence electrons. The smallest absolute Gasteiger partial charge is 0.126 e. The van der Waals surface area contributed by atoms with Crippen LogP contribution >= 0.6 is 15.9 Å². The highest BCUT2D eigenvalue weighted by molar-refractivity contribution is 9.10. The number of anilines is 1. The minimum absolute atomic E-state index is 0.186. The predicted octanol–water partition coefficient (Wildman–Crippen LogP) is 5.24. The molecule has 0 bridgehead atoms. The summed E-state index contributed by atoms with van der Waals surface area (Å²) in [6.07, 6.45) is 2.72. The van der Waals surface area contributed by atoms with Gasteiger partial charge >= 0.3 is 0 Å². The van der Waals surface area contributed by atoms with Gasteiger partial charge in [-0.25, -0.2) is 4.98 Å². The highest BCUT2D eigenvalue weighted by Crippen LogP contribution is 2.24. The molecule has 3 aromatic rings. The molecule has 22 heavy (non-hydrogen) atoms. The van der Waals surface area contributed by atoms with Crippen molar-refractivity contribution in [3.05, 3.63) is 94.6 Å². The van der Waals surface area contributed by atoms with Crippen LogP contribution in [-0.2, 0) is 6.42 Å². The van der Waals surface area contributed by atoms with E-state index in [4.69, 9.17) is 0 Å². The normalized spacial score (nSPS) is 11.9. The lowest BCUT2D eigenvalue weighted by molar-refractivity contribution is 0.770. The first-order valence-corrected chi connectivity index (χ1v) is 8.07. The first-order chi connectivity index (χ1) is 10.8. The van der Waals surface area contributed by atoms with Crippen LogP contribution in [0.3, 0.4) is 0 Å². The van der Waals surface area contributed by atoms with Gasteiger partial charge in [0, 0.05) is 10.7 Å². The number of hydrogen-bond acceptors (Lipinski definition) is 2. The largest absolute Gasteiger partial charge is 0.363 e. The molecule has 2 nitrogen and oxygen atoms in total. The molecule has 0 aliphatic heterocycles. The predicted molar refractivity (Wildman–Crippen MR) is 94.9 cm³/mol. The molecule has 0 fully saturated rings. The van der Waals surface area contributed by atoms with Gasteiger partial charge in [0.05, 0.1) is 6.04 Å². The molecule has 2 aromatic carbocycles. The maximum atomic E-state index is 4.38. The average molecular weight is 353 g/mol. The van der Waals surface area contributed by atoms with Crippen molar-refractivity contribution in [3.63, 3.8) is 0 Å². The third kappa shape index (κ3) is 3.95. The number of rotatable bonds is 5. The molecule has 3 heteroatoms. The lowest BCUT2D eigenvalue weighted by Crippen LogP contribution is -2.14. The molecule has 3 rings (SSSR count). The van der Waals surface area contributed by atoms with Gasteiger partial charge < -0.3 is 5.32 Å². The van der Waals surface area contributed by atoms with Crippen molar-refractivity contribution in [1.29, 1.82) is 0 Å². The van der Waals surface area contributed by atoms with E-state index in [0.29, 0.717) is 0 Å². The van der Waals surface area contributed by atoms with Crippen LogP contribution in [0.1, 0.15) is 17.2 Å². The van der Waals surface area contributed by atoms with Gasteiger partial charge in [0.1, 0.15) is 5.82 Å². The van der Waals surface area contributed by atoms with E-state index < -0.39 is 0 Å². The van der Waals surface area contributed by atoms with Crippen molar-refractivity contribution in [2.75, 3.05) is 5.32 Å².